The van der Waals surface area contributed by atoms with E-state index in [2.05, 4.69) is 34.4 Å². The number of amides is 1. The van der Waals surface area contributed by atoms with E-state index in [9.17, 15) is 4.79 Å². The molecule has 1 aromatic heterocycles. The van der Waals surface area contributed by atoms with Crippen molar-refractivity contribution in [1.82, 2.24) is 15.3 Å². The number of ether oxygens (including phenoxy) is 2. The number of methoxy groups -OCH3 is 2. The number of hydrogen-bond acceptors (Lipinski definition) is 6. The Morgan fingerprint density at radius 2 is 1.85 bits per heavy atom. The highest BCUT2D eigenvalue weighted by molar-refractivity contribution is 5.93. The number of hydrogen-bond donors (Lipinski definition) is 2. The van der Waals surface area contributed by atoms with E-state index < -0.39 is 0 Å². The molecule has 140 valence electrons. The topological polar surface area (TPSA) is 85.4 Å². The Hall–Kier alpha value is -2.83. The minimum Gasteiger partial charge on any atom is -0.493 e. The molecule has 0 radical (unpaired) electrons. The van der Waals surface area contributed by atoms with Gasteiger partial charge in [0, 0.05) is 24.4 Å². The smallest absolute Gasteiger partial charge is 0.270 e. The minimum atomic E-state index is -0.202. The molecule has 0 fully saturated rings. The molecule has 26 heavy (non-hydrogen) atoms. The van der Waals surface area contributed by atoms with Crippen LogP contribution in [0.1, 0.15) is 36.6 Å². The monoisotopic (exact) mass is 358 g/mol. The molecule has 2 aromatic rings. The van der Waals surface area contributed by atoms with Crippen molar-refractivity contribution in [3.8, 4) is 11.5 Å². The van der Waals surface area contributed by atoms with Gasteiger partial charge in [0.05, 0.1) is 14.2 Å². The Kier molecular flexibility index (Phi) is 6.77. The van der Waals surface area contributed by atoms with Crippen molar-refractivity contribution in [2.45, 2.75) is 27.2 Å². The summed E-state index contributed by atoms with van der Waals surface area (Å²) in [5.74, 6) is 2.64. The van der Waals surface area contributed by atoms with Gasteiger partial charge in [-0.05, 0) is 31.4 Å². The second-order valence-corrected chi connectivity index (χ2v) is 6.32. The molecule has 1 amide bonds. The van der Waals surface area contributed by atoms with Crippen LogP contribution in [0.25, 0.3) is 0 Å². The van der Waals surface area contributed by atoms with Crippen LogP contribution in [0.2, 0.25) is 0 Å². The fraction of sp³-hybridized carbons (Fsp3) is 0.421. The van der Waals surface area contributed by atoms with E-state index in [0.717, 1.165) is 12.1 Å². The number of nitrogens with one attached hydrogen (secondary N) is 2. The van der Waals surface area contributed by atoms with Gasteiger partial charge in [0.1, 0.15) is 17.3 Å². The van der Waals surface area contributed by atoms with Gasteiger partial charge in [0.15, 0.2) is 11.5 Å². The molecule has 0 saturated heterocycles. The zero-order valence-corrected chi connectivity index (χ0v) is 15.9. The summed E-state index contributed by atoms with van der Waals surface area (Å²) < 4.78 is 10.5. The lowest BCUT2D eigenvalue weighted by Gasteiger charge is -2.12. The third-order valence-electron chi connectivity index (χ3n) is 3.73. The number of nitrogens with zero attached hydrogens (tertiary/aromatic N) is 2. The molecule has 0 saturated carbocycles. The maximum absolute atomic E-state index is 12.3. The lowest BCUT2D eigenvalue weighted by molar-refractivity contribution is 0.0946. The number of aryl methyl sites for hydroxylation is 1. The van der Waals surface area contributed by atoms with Gasteiger partial charge in [0.25, 0.3) is 5.91 Å². The summed E-state index contributed by atoms with van der Waals surface area (Å²) in [6.45, 7) is 6.61. The average Bonchev–Trinajstić information content (AvgIpc) is 2.60. The lowest BCUT2D eigenvalue weighted by Crippen LogP contribution is -2.26. The molecule has 0 bridgehead atoms. The molecule has 7 heteroatoms. The van der Waals surface area contributed by atoms with Crippen molar-refractivity contribution >= 4 is 17.4 Å². The maximum atomic E-state index is 12.3. The zero-order valence-electron chi connectivity index (χ0n) is 15.9. The predicted octanol–water partition coefficient (Wildman–Crippen LogP) is 3.32. The predicted molar refractivity (Wildman–Crippen MR) is 101 cm³/mol. The average molecular weight is 358 g/mol. The molecule has 2 rings (SSSR count). The number of carbonyl (C=O) groups excluding carboxylic acids is 1. The highest BCUT2D eigenvalue weighted by Gasteiger charge is 2.11. The van der Waals surface area contributed by atoms with Crippen LogP contribution in [-0.2, 0) is 0 Å². The first-order valence-electron chi connectivity index (χ1n) is 8.56. The highest BCUT2D eigenvalue weighted by atomic mass is 16.5. The molecule has 0 atom stereocenters. The highest BCUT2D eigenvalue weighted by Crippen LogP contribution is 2.30. The fourth-order valence-corrected chi connectivity index (χ4v) is 2.37. The summed E-state index contributed by atoms with van der Waals surface area (Å²) in [6, 6.07) is 7.09. The Balaban J connectivity index is 2.15. The SMILES string of the molecule is COc1ccc(Nc2cc(C(=O)NCCC(C)C)nc(C)n2)cc1OC. The largest absolute Gasteiger partial charge is 0.493 e. The molecule has 1 heterocycles. The van der Waals surface area contributed by atoms with Gasteiger partial charge in [-0.25, -0.2) is 9.97 Å². The maximum Gasteiger partial charge on any atom is 0.270 e. The van der Waals surface area contributed by atoms with Crippen LogP contribution in [0.5, 0.6) is 11.5 Å². The van der Waals surface area contributed by atoms with E-state index in [4.69, 9.17) is 9.47 Å². The van der Waals surface area contributed by atoms with Crippen LogP contribution in [0, 0.1) is 12.8 Å². The normalized spacial score (nSPS) is 10.5. The van der Waals surface area contributed by atoms with E-state index in [0.29, 0.717) is 41.3 Å². The molecule has 0 aliphatic carbocycles. The number of aromatic nitrogens is 2. The number of carbonyl (C=O) groups is 1. The molecule has 1 aromatic carbocycles. The van der Waals surface area contributed by atoms with Crippen molar-refractivity contribution in [1.29, 1.82) is 0 Å². The van der Waals surface area contributed by atoms with Crippen LogP contribution in [0.15, 0.2) is 24.3 Å². The zero-order chi connectivity index (χ0) is 19.1. The molecule has 7 nitrogen and oxygen atoms in total. The minimum absolute atomic E-state index is 0.202. The molecule has 0 spiro atoms. The summed E-state index contributed by atoms with van der Waals surface area (Å²) in [6.07, 6.45) is 0.923. The van der Waals surface area contributed by atoms with E-state index in [1.807, 2.05) is 6.07 Å². The Bertz CT molecular complexity index is 762. The lowest BCUT2D eigenvalue weighted by atomic mass is 10.1. The molecular weight excluding hydrogens is 332 g/mol. The molecular formula is C19H26N4O3. The standard InChI is InChI=1S/C19H26N4O3/c1-12(2)8-9-20-19(24)15-11-18(22-13(3)21-15)23-14-6-7-16(25-4)17(10-14)26-5/h6-7,10-12H,8-9H2,1-5H3,(H,20,24)(H,21,22,23). The van der Waals surface area contributed by atoms with E-state index in [-0.39, 0.29) is 5.91 Å². The second kappa shape index (κ2) is 9.03. The van der Waals surface area contributed by atoms with E-state index in [1.165, 1.54) is 0 Å². The van der Waals surface area contributed by atoms with Crippen molar-refractivity contribution in [2.75, 3.05) is 26.1 Å². The van der Waals surface area contributed by atoms with Crippen LogP contribution in [-0.4, -0.2) is 36.6 Å². The summed E-state index contributed by atoms with van der Waals surface area (Å²) in [5, 5.41) is 6.06. The van der Waals surface area contributed by atoms with Crippen LogP contribution in [0.3, 0.4) is 0 Å². The van der Waals surface area contributed by atoms with E-state index in [1.54, 1.807) is 39.3 Å². The number of benzene rings is 1. The van der Waals surface area contributed by atoms with Crippen molar-refractivity contribution in [2.24, 2.45) is 5.92 Å². The van der Waals surface area contributed by atoms with Crippen LogP contribution in [0.4, 0.5) is 11.5 Å². The molecule has 0 aliphatic heterocycles. The second-order valence-electron chi connectivity index (χ2n) is 6.32. The van der Waals surface area contributed by atoms with Gasteiger partial charge in [0.2, 0.25) is 0 Å². The first-order chi connectivity index (χ1) is 12.4. The third-order valence-corrected chi connectivity index (χ3v) is 3.73. The van der Waals surface area contributed by atoms with Gasteiger partial charge in [-0.1, -0.05) is 13.8 Å². The van der Waals surface area contributed by atoms with Crippen molar-refractivity contribution < 1.29 is 14.3 Å². The summed E-state index contributed by atoms with van der Waals surface area (Å²) in [5.41, 5.74) is 1.11. The van der Waals surface area contributed by atoms with Gasteiger partial charge >= 0.3 is 0 Å². The number of anilines is 2. The summed E-state index contributed by atoms with van der Waals surface area (Å²) in [4.78, 5) is 20.9. The first-order valence-corrected chi connectivity index (χ1v) is 8.56. The van der Waals surface area contributed by atoms with E-state index >= 15 is 0 Å². The van der Waals surface area contributed by atoms with Crippen LogP contribution < -0.4 is 20.1 Å². The summed E-state index contributed by atoms with van der Waals surface area (Å²) in [7, 11) is 3.17. The first kappa shape index (κ1) is 19.5. The van der Waals surface area contributed by atoms with Gasteiger partial charge in [-0.2, -0.15) is 0 Å². The Morgan fingerprint density at radius 3 is 2.50 bits per heavy atom. The molecule has 0 unspecified atom stereocenters. The molecule has 0 aliphatic rings. The van der Waals surface area contributed by atoms with Crippen molar-refractivity contribution in [3.05, 3.63) is 35.8 Å². The quantitative estimate of drug-likeness (QED) is 0.753. The van der Waals surface area contributed by atoms with Crippen molar-refractivity contribution in [3.63, 3.8) is 0 Å². The molecule has 2 N–H and O–H groups in total. The van der Waals surface area contributed by atoms with Gasteiger partial charge in [-0.15, -0.1) is 0 Å². The van der Waals surface area contributed by atoms with Gasteiger partial charge < -0.3 is 20.1 Å². The Morgan fingerprint density at radius 1 is 1.12 bits per heavy atom. The van der Waals surface area contributed by atoms with Gasteiger partial charge in [-0.3, -0.25) is 4.79 Å². The fourth-order valence-electron chi connectivity index (χ4n) is 2.37. The van der Waals surface area contributed by atoms with Crippen LogP contribution >= 0.6 is 0 Å². The Labute approximate surface area is 154 Å². The third kappa shape index (κ3) is 5.34. The summed E-state index contributed by atoms with van der Waals surface area (Å²) >= 11 is 0. The number of rotatable bonds is 8.